The van der Waals surface area contributed by atoms with Crippen molar-refractivity contribution in [3.05, 3.63) is 51.1 Å². The van der Waals surface area contributed by atoms with Gasteiger partial charge in [0.05, 0.1) is 10.0 Å². The number of rotatable bonds is 4. The number of carbonyl (C=O) groups is 1. The molecule has 1 amide bonds. The van der Waals surface area contributed by atoms with Crippen molar-refractivity contribution in [2.45, 2.75) is 6.92 Å². The smallest absolute Gasteiger partial charge is 0.263 e. The van der Waals surface area contributed by atoms with Gasteiger partial charge in [0.15, 0.2) is 6.61 Å². The van der Waals surface area contributed by atoms with Crippen LogP contribution in [-0.2, 0) is 4.79 Å². The summed E-state index contributed by atoms with van der Waals surface area (Å²) >= 11 is 17.6. The van der Waals surface area contributed by atoms with Crippen LogP contribution in [0.4, 0.5) is 5.82 Å². The van der Waals surface area contributed by atoms with Crippen molar-refractivity contribution in [3.63, 3.8) is 0 Å². The molecule has 1 aromatic heterocycles. The van der Waals surface area contributed by atoms with Crippen molar-refractivity contribution < 1.29 is 9.53 Å². The zero-order valence-electron chi connectivity index (χ0n) is 11.0. The summed E-state index contributed by atoms with van der Waals surface area (Å²) in [6.07, 6.45) is 1.44. The van der Waals surface area contributed by atoms with Gasteiger partial charge in [-0.05, 0) is 36.8 Å². The zero-order chi connectivity index (χ0) is 15.4. The van der Waals surface area contributed by atoms with Crippen LogP contribution in [0.5, 0.6) is 5.75 Å². The molecule has 21 heavy (non-hydrogen) atoms. The molecular weight excluding hydrogens is 335 g/mol. The van der Waals surface area contributed by atoms with Crippen LogP contribution < -0.4 is 10.1 Å². The van der Waals surface area contributed by atoms with E-state index in [1.165, 1.54) is 6.20 Å². The maximum Gasteiger partial charge on any atom is 0.263 e. The highest BCUT2D eigenvalue weighted by Gasteiger charge is 2.10. The number of carbonyl (C=O) groups excluding carboxylic acids is 1. The van der Waals surface area contributed by atoms with Gasteiger partial charge in [0.1, 0.15) is 11.6 Å². The molecule has 0 aliphatic heterocycles. The van der Waals surface area contributed by atoms with E-state index in [0.717, 1.165) is 5.56 Å². The summed E-state index contributed by atoms with van der Waals surface area (Å²) in [4.78, 5) is 15.7. The van der Waals surface area contributed by atoms with E-state index >= 15 is 0 Å². The standard InChI is InChI=1S/C14H11Cl3N2O2/c1-8-4-10(16)5-11(17)14(8)21-7-13(20)19-12-3-2-9(15)6-18-12/h2-6H,7H2,1H3,(H,18,19,20). The highest BCUT2D eigenvalue weighted by atomic mass is 35.5. The van der Waals surface area contributed by atoms with E-state index in [-0.39, 0.29) is 12.5 Å². The average Bonchev–Trinajstić information content (AvgIpc) is 2.40. The number of nitrogens with one attached hydrogen (secondary N) is 1. The quantitative estimate of drug-likeness (QED) is 0.895. The topological polar surface area (TPSA) is 51.2 Å². The van der Waals surface area contributed by atoms with Gasteiger partial charge in [-0.25, -0.2) is 4.98 Å². The Morgan fingerprint density at radius 1 is 1.24 bits per heavy atom. The molecule has 1 aromatic carbocycles. The summed E-state index contributed by atoms with van der Waals surface area (Å²) in [5.74, 6) is 0.474. The van der Waals surface area contributed by atoms with Crippen molar-refractivity contribution in [2.75, 3.05) is 11.9 Å². The minimum atomic E-state index is -0.352. The molecule has 0 saturated heterocycles. The second kappa shape index (κ2) is 6.98. The van der Waals surface area contributed by atoms with E-state index in [0.29, 0.717) is 26.6 Å². The first-order valence-corrected chi connectivity index (χ1v) is 7.09. The molecular formula is C14H11Cl3N2O2. The molecule has 7 heteroatoms. The van der Waals surface area contributed by atoms with Gasteiger partial charge < -0.3 is 10.1 Å². The first-order chi connectivity index (χ1) is 9.95. The van der Waals surface area contributed by atoms with Gasteiger partial charge in [0.2, 0.25) is 0 Å². The predicted molar refractivity (Wildman–Crippen MR) is 84.6 cm³/mol. The van der Waals surface area contributed by atoms with Crippen molar-refractivity contribution in [1.29, 1.82) is 0 Å². The van der Waals surface area contributed by atoms with Crippen molar-refractivity contribution in [2.24, 2.45) is 0 Å². The lowest BCUT2D eigenvalue weighted by atomic mass is 10.2. The van der Waals surface area contributed by atoms with Crippen molar-refractivity contribution in [1.82, 2.24) is 4.98 Å². The number of halogens is 3. The third-order valence-electron chi connectivity index (χ3n) is 2.54. The second-order valence-corrected chi connectivity index (χ2v) is 5.51. The lowest BCUT2D eigenvalue weighted by Gasteiger charge is -2.11. The summed E-state index contributed by atoms with van der Waals surface area (Å²) in [5.41, 5.74) is 0.755. The van der Waals surface area contributed by atoms with Crippen LogP contribution in [0.1, 0.15) is 5.56 Å². The van der Waals surface area contributed by atoms with E-state index < -0.39 is 0 Å². The lowest BCUT2D eigenvalue weighted by Crippen LogP contribution is -2.21. The number of anilines is 1. The highest BCUT2D eigenvalue weighted by molar-refractivity contribution is 6.35. The summed E-state index contributed by atoms with van der Waals surface area (Å²) in [6.45, 7) is 1.61. The van der Waals surface area contributed by atoms with Gasteiger partial charge >= 0.3 is 0 Å². The molecule has 2 rings (SSSR count). The Hall–Kier alpha value is -1.49. The predicted octanol–water partition coefficient (Wildman–Crippen LogP) is 4.37. The average molecular weight is 346 g/mol. The van der Waals surface area contributed by atoms with Gasteiger partial charge in [-0.2, -0.15) is 0 Å². The Bertz CT molecular complexity index is 637. The highest BCUT2D eigenvalue weighted by Crippen LogP contribution is 2.31. The van der Waals surface area contributed by atoms with Crippen LogP contribution in [0, 0.1) is 6.92 Å². The van der Waals surface area contributed by atoms with Crippen LogP contribution in [0.2, 0.25) is 15.1 Å². The molecule has 0 aliphatic carbocycles. The fourth-order valence-electron chi connectivity index (χ4n) is 1.64. The molecule has 110 valence electrons. The van der Waals surface area contributed by atoms with Gasteiger partial charge in [0, 0.05) is 11.2 Å². The van der Waals surface area contributed by atoms with Crippen LogP contribution in [0.25, 0.3) is 0 Å². The monoisotopic (exact) mass is 344 g/mol. The van der Waals surface area contributed by atoms with E-state index in [4.69, 9.17) is 39.5 Å². The minimum absolute atomic E-state index is 0.188. The third kappa shape index (κ3) is 4.49. The zero-order valence-corrected chi connectivity index (χ0v) is 13.3. The minimum Gasteiger partial charge on any atom is -0.482 e. The largest absolute Gasteiger partial charge is 0.482 e. The van der Waals surface area contributed by atoms with Crippen molar-refractivity contribution in [3.8, 4) is 5.75 Å². The number of benzene rings is 1. The summed E-state index contributed by atoms with van der Waals surface area (Å²) in [5, 5.41) is 3.95. The number of amides is 1. The lowest BCUT2D eigenvalue weighted by molar-refractivity contribution is -0.118. The molecule has 0 aliphatic rings. The first-order valence-electron chi connectivity index (χ1n) is 5.95. The molecule has 0 saturated carbocycles. The summed E-state index contributed by atoms with van der Waals surface area (Å²) < 4.78 is 5.42. The molecule has 0 fully saturated rings. The van der Waals surface area contributed by atoms with Crippen LogP contribution in [0.3, 0.4) is 0 Å². The maximum atomic E-state index is 11.8. The van der Waals surface area contributed by atoms with Gasteiger partial charge in [-0.15, -0.1) is 0 Å². The van der Waals surface area contributed by atoms with Crippen LogP contribution >= 0.6 is 34.8 Å². The number of hydrogen-bond donors (Lipinski definition) is 1. The first kappa shape index (κ1) is 15.9. The van der Waals surface area contributed by atoms with E-state index in [1.54, 1.807) is 31.2 Å². The maximum absolute atomic E-state index is 11.8. The van der Waals surface area contributed by atoms with Crippen LogP contribution in [0.15, 0.2) is 30.5 Å². The SMILES string of the molecule is Cc1cc(Cl)cc(Cl)c1OCC(=O)Nc1ccc(Cl)cn1. The number of ether oxygens (including phenoxy) is 1. The van der Waals surface area contributed by atoms with Gasteiger partial charge in [0.25, 0.3) is 5.91 Å². The van der Waals surface area contributed by atoms with Crippen molar-refractivity contribution >= 4 is 46.5 Å². The second-order valence-electron chi connectivity index (χ2n) is 4.23. The molecule has 0 spiro atoms. The number of pyridine rings is 1. The van der Waals surface area contributed by atoms with Gasteiger partial charge in [-0.3, -0.25) is 4.79 Å². The van der Waals surface area contributed by atoms with E-state index in [2.05, 4.69) is 10.3 Å². The number of aromatic nitrogens is 1. The molecule has 1 N–H and O–H groups in total. The number of nitrogens with zero attached hydrogens (tertiary/aromatic N) is 1. The number of aryl methyl sites for hydroxylation is 1. The Morgan fingerprint density at radius 3 is 2.62 bits per heavy atom. The van der Waals surface area contributed by atoms with E-state index in [1.807, 2.05) is 0 Å². The molecule has 4 nitrogen and oxygen atoms in total. The molecule has 0 unspecified atom stereocenters. The molecule has 0 radical (unpaired) electrons. The number of hydrogen-bond acceptors (Lipinski definition) is 3. The Labute approximate surface area is 137 Å². The Balaban J connectivity index is 1.97. The Kier molecular flexibility index (Phi) is 5.28. The Morgan fingerprint density at radius 2 is 2.00 bits per heavy atom. The molecule has 2 aromatic rings. The fraction of sp³-hybridized carbons (Fsp3) is 0.143. The summed E-state index contributed by atoms with van der Waals surface area (Å²) in [7, 11) is 0. The fourth-order valence-corrected chi connectivity index (χ4v) is 2.40. The normalized spacial score (nSPS) is 10.3. The van der Waals surface area contributed by atoms with E-state index in [9.17, 15) is 4.79 Å². The molecule has 0 atom stereocenters. The van der Waals surface area contributed by atoms with Gasteiger partial charge in [-0.1, -0.05) is 34.8 Å². The molecule has 0 bridgehead atoms. The summed E-state index contributed by atoms with van der Waals surface area (Å²) in [6, 6.07) is 6.50. The third-order valence-corrected chi connectivity index (χ3v) is 3.26. The van der Waals surface area contributed by atoms with Crippen LogP contribution in [-0.4, -0.2) is 17.5 Å². The molecule has 1 heterocycles.